The standard InChI is InChI=1S/C17H26N6O3/c1-2-18-15(24)13-21-3-5-22(6-4-21)16(25)14-11-19-17(20-12-14)23-7-9-26-10-8-23/h11-12H,2-10,13H2,1H3,(H,18,24). The Labute approximate surface area is 153 Å². The molecule has 0 radical (unpaired) electrons. The Morgan fingerprint density at radius 3 is 2.35 bits per heavy atom. The van der Waals surface area contributed by atoms with Crippen LogP contribution in [-0.4, -0.2) is 97.2 Å². The molecule has 1 aromatic rings. The average molecular weight is 362 g/mol. The summed E-state index contributed by atoms with van der Waals surface area (Å²) in [6.07, 6.45) is 3.20. The number of rotatable bonds is 5. The van der Waals surface area contributed by atoms with Crippen LogP contribution in [0, 0.1) is 0 Å². The maximum atomic E-state index is 12.6. The lowest BCUT2D eigenvalue weighted by Crippen LogP contribution is -2.51. The van der Waals surface area contributed by atoms with Crippen molar-refractivity contribution >= 4 is 17.8 Å². The highest BCUT2D eigenvalue weighted by atomic mass is 16.5. The van der Waals surface area contributed by atoms with Crippen LogP contribution in [-0.2, 0) is 9.53 Å². The predicted molar refractivity (Wildman–Crippen MR) is 96.1 cm³/mol. The summed E-state index contributed by atoms with van der Waals surface area (Å²) in [5, 5.41) is 2.80. The van der Waals surface area contributed by atoms with E-state index < -0.39 is 0 Å². The highest BCUT2D eigenvalue weighted by molar-refractivity contribution is 5.93. The van der Waals surface area contributed by atoms with Crippen LogP contribution in [0.25, 0.3) is 0 Å². The number of aromatic nitrogens is 2. The molecule has 3 rings (SSSR count). The smallest absolute Gasteiger partial charge is 0.257 e. The summed E-state index contributed by atoms with van der Waals surface area (Å²) in [4.78, 5) is 38.9. The minimum Gasteiger partial charge on any atom is -0.378 e. The number of nitrogens with zero attached hydrogens (tertiary/aromatic N) is 5. The summed E-state index contributed by atoms with van der Waals surface area (Å²) < 4.78 is 5.32. The zero-order chi connectivity index (χ0) is 18.4. The van der Waals surface area contributed by atoms with E-state index in [4.69, 9.17) is 4.74 Å². The third kappa shape index (κ3) is 4.67. The first-order chi connectivity index (χ1) is 12.7. The topological polar surface area (TPSA) is 90.9 Å². The molecular formula is C17H26N6O3. The Kier molecular flexibility index (Phi) is 6.35. The van der Waals surface area contributed by atoms with Crippen LogP contribution >= 0.6 is 0 Å². The van der Waals surface area contributed by atoms with Gasteiger partial charge in [-0.1, -0.05) is 0 Å². The molecule has 0 bridgehead atoms. The summed E-state index contributed by atoms with van der Waals surface area (Å²) in [5.74, 6) is 0.604. The Morgan fingerprint density at radius 2 is 1.73 bits per heavy atom. The molecule has 9 heteroatoms. The fraction of sp³-hybridized carbons (Fsp3) is 0.647. The van der Waals surface area contributed by atoms with Crippen molar-refractivity contribution in [2.75, 3.05) is 70.5 Å². The third-order valence-corrected chi connectivity index (χ3v) is 4.58. The molecule has 2 saturated heterocycles. The van der Waals surface area contributed by atoms with Crippen molar-refractivity contribution in [1.29, 1.82) is 0 Å². The molecule has 0 spiro atoms. The summed E-state index contributed by atoms with van der Waals surface area (Å²) in [6, 6.07) is 0. The van der Waals surface area contributed by atoms with E-state index in [0.717, 1.165) is 13.1 Å². The van der Waals surface area contributed by atoms with Gasteiger partial charge in [0.2, 0.25) is 11.9 Å². The van der Waals surface area contributed by atoms with Crippen LogP contribution in [0.1, 0.15) is 17.3 Å². The number of ether oxygens (including phenoxy) is 1. The first-order valence-corrected chi connectivity index (χ1v) is 9.10. The molecule has 26 heavy (non-hydrogen) atoms. The van der Waals surface area contributed by atoms with Crippen molar-refractivity contribution in [3.63, 3.8) is 0 Å². The second-order valence-corrected chi connectivity index (χ2v) is 6.39. The number of amides is 2. The van der Waals surface area contributed by atoms with E-state index >= 15 is 0 Å². The number of morpholine rings is 1. The second-order valence-electron chi connectivity index (χ2n) is 6.39. The lowest BCUT2D eigenvalue weighted by Gasteiger charge is -2.34. The quantitative estimate of drug-likeness (QED) is 0.734. The van der Waals surface area contributed by atoms with Crippen LogP contribution in [0.2, 0.25) is 0 Å². The molecule has 2 fully saturated rings. The van der Waals surface area contributed by atoms with Crippen LogP contribution in [0.3, 0.4) is 0 Å². The zero-order valence-electron chi connectivity index (χ0n) is 15.2. The van der Waals surface area contributed by atoms with Crippen LogP contribution in [0.4, 0.5) is 5.95 Å². The van der Waals surface area contributed by atoms with E-state index in [2.05, 4.69) is 25.1 Å². The summed E-state index contributed by atoms with van der Waals surface area (Å²) in [5.41, 5.74) is 0.499. The summed E-state index contributed by atoms with van der Waals surface area (Å²) in [7, 11) is 0. The van der Waals surface area contributed by atoms with E-state index in [1.807, 2.05) is 6.92 Å². The number of hydrogen-bond acceptors (Lipinski definition) is 7. The van der Waals surface area contributed by atoms with Gasteiger partial charge >= 0.3 is 0 Å². The first kappa shape index (κ1) is 18.5. The van der Waals surface area contributed by atoms with Gasteiger partial charge in [-0.2, -0.15) is 0 Å². The molecule has 142 valence electrons. The van der Waals surface area contributed by atoms with Crippen molar-refractivity contribution in [1.82, 2.24) is 25.1 Å². The minimum absolute atomic E-state index is 0.0272. The number of carbonyl (C=O) groups excluding carboxylic acids is 2. The molecule has 2 aliphatic heterocycles. The van der Waals surface area contributed by atoms with E-state index in [1.54, 1.807) is 17.3 Å². The number of carbonyl (C=O) groups is 2. The van der Waals surface area contributed by atoms with E-state index in [1.165, 1.54) is 0 Å². The van der Waals surface area contributed by atoms with Crippen molar-refractivity contribution in [2.24, 2.45) is 0 Å². The molecule has 0 atom stereocenters. The molecule has 2 aliphatic rings. The van der Waals surface area contributed by atoms with Gasteiger partial charge in [-0.25, -0.2) is 9.97 Å². The van der Waals surface area contributed by atoms with E-state index in [-0.39, 0.29) is 11.8 Å². The number of piperazine rings is 1. The first-order valence-electron chi connectivity index (χ1n) is 9.10. The Bertz CT molecular complexity index is 609. The molecule has 0 saturated carbocycles. The lowest BCUT2D eigenvalue weighted by molar-refractivity contribution is -0.122. The number of nitrogens with one attached hydrogen (secondary N) is 1. The van der Waals surface area contributed by atoms with E-state index in [0.29, 0.717) is 64.0 Å². The van der Waals surface area contributed by atoms with Crippen LogP contribution < -0.4 is 10.2 Å². The molecule has 1 aromatic heterocycles. The second kappa shape index (κ2) is 8.91. The average Bonchev–Trinajstić information content (AvgIpc) is 2.69. The zero-order valence-corrected chi connectivity index (χ0v) is 15.2. The number of likely N-dealkylation sites (N-methyl/N-ethyl adjacent to an activating group) is 1. The SMILES string of the molecule is CCNC(=O)CN1CCN(C(=O)c2cnc(N3CCOCC3)nc2)CC1. The Hall–Kier alpha value is -2.26. The maximum absolute atomic E-state index is 12.6. The van der Waals surface area contributed by atoms with Crippen molar-refractivity contribution < 1.29 is 14.3 Å². The minimum atomic E-state index is -0.0591. The third-order valence-electron chi connectivity index (χ3n) is 4.58. The highest BCUT2D eigenvalue weighted by Gasteiger charge is 2.24. The molecule has 3 heterocycles. The molecule has 1 N–H and O–H groups in total. The van der Waals surface area contributed by atoms with Gasteiger partial charge in [0.25, 0.3) is 5.91 Å². The largest absolute Gasteiger partial charge is 0.378 e. The molecule has 2 amide bonds. The van der Waals surface area contributed by atoms with Gasteiger partial charge in [-0.3, -0.25) is 14.5 Å². The highest BCUT2D eigenvalue weighted by Crippen LogP contribution is 2.12. The monoisotopic (exact) mass is 362 g/mol. The Morgan fingerprint density at radius 1 is 1.08 bits per heavy atom. The fourth-order valence-electron chi connectivity index (χ4n) is 3.11. The van der Waals surface area contributed by atoms with Gasteiger partial charge in [0.1, 0.15) is 0 Å². The maximum Gasteiger partial charge on any atom is 0.257 e. The van der Waals surface area contributed by atoms with Gasteiger partial charge in [0.05, 0.1) is 25.3 Å². The van der Waals surface area contributed by atoms with Crippen LogP contribution in [0.15, 0.2) is 12.4 Å². The van der Waals surface area contributed by atoms with Crippen molar-refractivity contribution in [2.45, 2.75) is 6.92 Å². The molecule has 0 aromatic carbocycles. The van der Waals surface area contributed by atoms with Gasteiger partial charge in [-0.05, 0) is 6.92 Å². The number of hydrogen-bond donors (Lipinski definition) is 1. The predicted octanol–water partition coefficient (Wildman–Crippen LogP) is -0.793. The van der Waals surface area contributed by atoms with Gasteiger partial charge in [-0.15, -0.1) is 0 Å². The molecule has 9 nitrogen and oxygen atoms in total. The Balaban J connectivity index is 1.51. The van der Waals surface area contributed by atoms with Crippen LogP contribution in [0.5, 0.6) is 0 Å². The molecule has 0 aliphatic carbocycles. The van der Waals surface area contributed by atoms with Gasteiger partial charge in [0.15, 0.2) is 0 Å². The number of anilines is 1. The summed E-state index contributed by atoms with van der Waals surface area (Å²) >= 11 is 0. The lowest BCUT2D eigenvalue weighted by atomic mass is 10.2. The van der Waals surface area contributed by atoms with Crippen molar-refractivity contribution in [3.05, 3.63) is 18.0 Å². The van der Waals surface area contributed by atoms with E-state index in [9.17, 15) is 9.59 Å². The summed E-state index contributed by atoms with van der Waals surface area (Å²) in [6.45, 7) is 8.38. The van der Waals surface area contributed by atoms with Gasteiger partial charge in [0, 0.05) is 58.2 Å². The molecular weight excluding hydrogens is 336 g/mol. The fourth-order valence-corrected chi connectivity index (χ4v) is 3.11. The normalized spacial score (nSPS) is 18.7. The molecule has 0 unspecified atom stereocenters. The van der Waals surface area contributed by atoms with Crippen molar-refractivity contribution in [3.8, 4) is 0 Å². The van der Waals surface area contributed by atoms with Gasteiger partial charge < -0.3 is 19.9 Å².